The van der Waals surface area contributed by atoms with Crippen LogP contribution in [0.25, 0.3) is 10.9 Å². The minimum atomic E-state index is 0.768. The number of nitrogens with two attached hydrogens (primary N) is 1. The fraction of sp³-hybridized carbons (Fsp3) is 0.467. The Kier molecular flexibility index (Phi) is 3.53. The molecule has 0 aliphatic rings. The molecule has 0 spiro atoms. The molecule has 0 aliphatic carbocycles. The van der Waals surface area contributed by atoms with Gasteiger partial charge in [0.2, 0.25) is 0 Å². The van der Waals surface area contributed by atoms with Crippen molar-refractivity contribution in [3.05, 3.63) is 35.0 Å². The third-order valence-electron chi connectivity index (χ3n) is 3.50. The summed E-state index contributed by atoms with van der Waals surface area (Å²) in [7, 11) is 0. The molecule has 0 saturated carbocycles. The summed E-state index contributed by atoms with van der Waals surface area (Å²) in [5, 5.41) is 1.44. The average molecular weight is 230 g/mol. The third kappa shape index (κ3) is 2.09. The highest BCUT2D eigenvalue weighted by Gasteiger charge is 2.11. The van der Waals surface area contributed by atoms with Crippen LogP contribution >= 0.6 is 0 Å². The number of fused-ring (bicyclic) bond motifs is 1. The Morgan fingerprint density at radius 2 is 1.88 bits per heavy atom. The number of nitrogens with zero attached hydrogens (tertiary/aromatic N) is 1. The molecule has 2 N–H and O–H groups in total. The Hall–Kier alpha value is -1.28. The second-order valence-electron chi connectivity index (χ2n) is 4.76. The van der Waals surface area contributed by atoms with Crippen LogP contribution in [0.15, 0.2) is 18.3 Å². The molecule has 0 fully saturated rings. The van der Waals surface area contributed by atoms with Crippen molar-refractivity contribution in [1.29, 1.82) is 0 Å². The Morgan fingerprint density at radius 1 is 1.18 bits per heavy atom. The summed E-state index contributed by atoms with van der Waals surface area (Å²) >= 11 is 0. The Morgan fingerprint density at radius 3 is 2.53 bits per heavy atom. The molecule has 92 valence electrons. The molecule has 1 aromatic carbocycles. The second kappa shape index (κ2) is 4.92. The number of hydrogen-bond acceptors (Lipinski definition) is 1. The lowest BCUT2D eigenvalue weighted by Gasteiger charge is -2.06. The summed E-state index contributed by atoms with van der Waals surface area (Å²) in [6.07, 6.45) is 4.46. The van der Waals surface area contributed by atoms with Crippen molar-refractivity contribution in [2.45, 2.75) is 40.2 Å². The molecule has 2 heteroatoms. The fourth-order valence-corrected chi connectivity index (χ4v) is 2.62. The van der Waals surface area contributed by atoms with Gasteiger partial charge in [-0.05, 0) is 56.8 Å². The maximum atomic E-state index is 5.62. The highest BCUT2D eigenvalue weighted by molar-refractivity contribution is 5.89. The molecule has 0 aliphatic heterocycles. The van der Waals surface area contributed by atoms with Crippen molar-refractivity contribution in [1.82, 2.24) is 4.57 Å². The molecule has 0 atom stereocenters. The summed E-state index contributed by atoms with van der Waals surface area (Å²) in [4.78, 5) is 0. The average Bonchev–Trinajstić information content (AvgIpc) is 2.71. The summed E-state index contributed by atoms with van der Waals surface area (Å²) in [6.45, 7) is 8.40. The molecule has 2 rings (SSSR count). The van der Waals surface area contributed by atoms with Gasteiger partial charge in [-0.1, -0.05) is 12.1 Å². The number of benzene rings is 1. The Balaban J connectivity index is 2.64. The third-order valence-corrected chi connectivity index (χ3v) is 3.50. The van der Waals surface area contributed by atoms with E-state index in [2.05, 4.69) is 43.7 Å². The molecular formula is C15H22N2. The van der Waals surface area contributed by atoms with Crippen molar-refractivity contribution in [2.75, 3.05) is 6.54 Å². The predicted octanol–water partition coefficient (Wildman–Crippen LogP) is 3.17. The van der Waals surface area contributed by atoms with Gasteiger partial charge in [-0.2, -0.15) is 0 Å². The van der Waals surface area contributed by atoms with Crippen molar-refractivity contribution in [3.63, 3.8) is 0 Å². The highest BCUT2D eigenvalue weighted by atomic mass is 14.9. The van der Waals surface area contributed by atoms with Gasteiger partial charge < -0.3 is 10.3 Å². The normalized spacial score (nSPS) is 11.3. The van der Waals surface area contributed by atoms with E-state index in [-0.39, 0.29) is 0 Å². The maximum Gasteiger partial charge on any atom is 0.0515 e. The molecule has 1 heterocycles. The number of rotatable bonds is 4. The van der Waals surface area contributed by atoms with E-state index in [1.807, 2.05) is 0 Å². The van der Waals surface area contributed by atoms with Gasteiger partial charge in [0, 0.05) is 18.1 Å². The van der Waals surface area contributed by atoms with Crippen LogP contribution < -0.4 is 5.73 Å². The number of aryl methyl sites for hydroxylation is 4. The molecule has 0 unspecified atom stereocenters. The molecule has 2 aromatic rings. The van der Waals surface area contributed by atoms with Gasteiger partial charge in [0.25, 0.3) is 0 Å². The number of aromatic nitrogens is 1. The van der Waals surface area contributed by atoms with Crippen LogP contribution in [-0.2, 0) is 13.0 Å². The molecule has 0 bridgehead atoms. The summed E-state index contributed by atoms with van der Waals surface area (Å²) in [5.74, 6) is 0. The van der Waals surface area contributed by atoms with Crippen LogP contribution in [0.2, 0.25) is 0 Å². The smallest absolute Gasteiger partial charge is 0.0515 e. The first kappa shape index (κ1) is 12.2. The van der Waals surface area contributed by atoms with Crippen LogP contribution in [0.3, 0.4) is 0 Å². The van der Waals surface area contributed by atoms with Crippen LogP contribution in [-0.4, -0.2) is 11.1 Å². The van der Waals surface area contributed by atoms with Crippen molar-refractivity contribution >= 4 is 10.9 Å². The van der Waals surface area contributed by atoms with Crippen LogP contribution in [0.5, 0.6) is 0 Å². The summed E-state index contributed by atoms with van der Waals surface area (Å²) in [6, 6.07) is 4.44. The van der Waals surface area contributed by atoms with E-state index in [0.29, 0.717) is 0 Å². The number of hydrogen-bond donors (Lipinski definition) is 1. The largest absolute Gasteiger partial charge is 0.347 e. The zero-order chi connectivity index (χ0) is 12.4. The Bertz CT molecular complexity index is 523. The molecule has 0 saturated heterocycles. The topological polar surface area (TPSA) is 30.9 Å². The zero-order valence-electron chi connectivity index (χ0n) is 11.1. The second-order valence-corrected chi connectivity index (χ2v) is 4.76. The van der Waals surface area contributed by atoms with Crippen molar-refractivity contribution in [3.8, 4) is 0 Å². The zero-order valence-corrected chi connectivity index (χ0v) is 11.1. The van der Waals surface area contributed by atoms with Crippen molar-refractivity contribution in [2.24, 2.45) is 5.73 Å². The lowest BCUT2D eigenvalue weighted by molar-refractivity contribution is 0.780. The summed E-state index contributed by atoms with van der Waals surface area (Å²) < 4.78 is 2.36. The van der Waals surface area contributed by atoms with Crippen LogP contribution in [0, 0.1) is 13.8 Å². The monoisotopic (exact) mass is 230 g/mol. The molecule has 0 amide bonds. The van der Waals surface area contributed by atoms with E-state index in [1.54, 1.807) is 0 Å². The van der Waals surface area contributed by atoms with E-state index in [0.717, 1.165) is 25.9 Å². The highest BCUT2D eigenvalue weighted by Crippen LogP contribution is 2.28. The van der Waals surface area contributed by atoms with Crippen molar-refractivity contribution < 1.29 is 0 Å². The molecule has 2 nitrogen and oxygen atoms in total. The minimum absolute atomic E-state index is 0.768. The fourth-order valence-electron chi connectivity index (χ4n) is 2.62. The quantitative estimate of drug-likeness (QED) is 0.859. The van der Waals surface area contributed by atoms with E-state index in [9.17, 15) is 0 Å². The lowest BCUT2D eigenvalue weighted by Crippen LogP contribution is -2.00. The first-order chi connectivity index (χ1) is 8.19. The first-order valence-electron chi connectivity index (χ1n) is 6.47. The molecular weight excluding hydrogens is 208 g/mol. The van der Waals surface area contributed by atoms with Gasteiger partial charge >= 0.3 is 0 Å². The van der Waals surface area contributed by atoms with E-state index < -0.39 is 0 Å². The van der Waals surface area contributed by atoms with Gasteiger partial charge in [0.05, 0.1) is 5.52 Å². The van der Waals surface area contributed by atoms with Gasteiger partial charge in [-0.25, -0.2) is 0 Å². The SMILES string of the molecule is CCn1cc(CCCN)c2c(C)ccc(C)c21. The Labute approximate surface area is 103 Å². The standard InChI is InChI=1S/C15H22N2/c1-4-17-10-13(6-5-9-16)14-11(2)7-8-12(3)15(14)17/h7-8,10H,4-6,9,16H2,1-3H3. The van der Waals surface area contributed by atoms with Crippen LogP contribution in [0.4, 0.5) is 0 Å². The molecule has 17 heavy (non-hydrogen) atoms. The maximum absolute atomic E-state index is 5.62. The van der Waals surface area contributed by atoms with Gasteiger partial charge in [0.15, 0.2) is 0 Å². The van der Waals surface area contributed by atoms with Gasteiger partial charge in [-0.15, -0.1) is 0 Å². The molecule has 1 aromatic heterocycles. The van der Waals surface area contributed by atoms with Crippen LogP contribution in [0.1, 0.15) is 30.0 Å². The van der Waals surface area contributed by atoms with E-state index in [1.165, 1.54) is 27.6 Å². The lowest BCUT2D eigenvalue weighted by atomic mass is 10.0. The first-order valence-corrected chi connectivity index (χ1v) is 6.47. The van der Waals surface area contributed by atoms with Gasteiger partial charge in [-0.3, -0.25) is 0 Å². The summed E-state index contributed by atoms with van der Waals surface area (Å²) in [5.41, 5.74) is 11.2. The van der Waals surface area contributed by atoms with E-state index >= 15 is 0 Å². The molecule has 0 radical (unpaired) electrons. The minimum Gasteiger partial charge on any atom is -0.347 e. The predicted molar refractivity (Wildman–Crippen MR) is 74.5 cm³/mol. The van der Waals surface area contributed by atoms with Gasteiger partial charge in [0.1, 0.15) is 0 Å². The van der Waals surface area contributed by atoms with E-state index in [4.69, 9.17) is 5.73 Å².